The van der Waals surface area contributed by atoms with E-state index in [2.05, 4.69) is 10.1 Å². The van der Waals surface area contributed by atoms with Gasteiger partial charge in [-0.3, -0.25) is 10.1 Å². The summed E-state index contributed by atoms with van der Waals surface area (Å²) in [7, 11) is 0. The van der Waals surface area contributed by atoms with Crippen molar-refractivity contribution in [1.29, 1.82) is 0 Å². The third kappa shape index (κ3) is 2.60. The van der Waals surface area contributed by atoms with Crippen LogP contribution in [0.2, 0.25) is 0 Å². The molecule has 0 N–H and O–H groups in total. The van der Waals surface area contributed by atoms with Crippen molar-refractivity contribution in [2.45, 2.75) is 6.55 Å². The number of nitrogens with zero attached hydrogens (tertiary/aromatic N) is 5. The summed E-state index contributed by atoms with van der Waals surface area (Å²) in [4.78, 5) is 13.9. The van der Waals surface area contributed by atoms with E-state index in [4.69, 9.17) is 11.8 Å². The van der Waals surface area contributed by atoms with Crippen LogP contribution in [-0.2, 0) is 0 Å². The second-order valence-electron chi connectivity index (χ2n) is 3.34. The van der Waals surface area contributed by atoms with Crippen LogP contribution >= 0.6 is 11.8 Å². The lowest BCUT2D eigenvalue weighted by atomic mass is 10.4. The van der Waals surface area contributed by atoms with Gasteiger partial charge in [0.05, 0.1) is 23.0 Å². The first kappa shape index (κ1) is 13.1. The molecule has 0 fully saturated rings. The lowest BCUT2D eigenvalue weighted by molar-refractivity contribution is -0.384. The molecule has 2 heterocycles. The molecule has 0 saturated heterocycles. The number of anilines is 2. The molecule has 0 spiro atoms. The smallest absolute Gasteiger partial charge is 0.258 e. The molecule has 2 aromatic rings. The molecule has 19 heavy (non-hydrogen) atoms. The zero-order valence-corrected chi connectivity index (χ0v) is 9.91. The Morgan fingerprint density at radius 1 is 1.53 bits per heavy atom. The van der Waals surface area contributed by atoms with E-state index in [1.165, 1.54) is 18.3 Å². The van der Waals surface area contributed by atoms with Crippen molar-refractivity contribution < 1.29 is 13.7 Å². The summed E-state index contributed by atoms with van der Waals surface area (Å²) in [5.41, 5.74) is -0.300. The van der Waals surface area contributed by atoms with Gasteiger partial charge in [0.25, 0.3) is 0 Å². The van der Waals surface area contributed by atoms with Gasteiger partial charge in [-0.1, -0.05) is 0 Å². The molecule has 7 nitrogen and oxygen atoms in total. The molecule has 2 rings (SSSR count). The Morgan fingerprint density at radius 3 is 2.84 bits per heavy atom. The van der Waals surface area contributed by atoms with Crippen molar-refractivity contribution >= 4 is 29.0 Å². The van der Waals surface area contributed by atoms with Crippen molar-refractivity contribution in [3.63, 3.8) is 0 Å². The fourth-order valence-electron chi connectivity index (χ4n) is 1.34. The zero-order valence-electron chi connectivity index (χ0n) is 9.15. The average Bonchev–Trinajstić information content (AvgIpc) is 2.87. The minimum Gasteiger partial charge on any atom is -0.258 e. The van der Waals surface area contributed by atoms with Crippen LogP contribution in [0.1, 0.15) is 6.55 Å². The monoisotopic (exact) mass is 289 g/mol. The third-order valence-electron chi connectivity index (χ3n) is 2.16. The van der Waals surface area contributed by atoms with Gasteiger partial charge < -0.3 is 0 Å². The van der Waals surface area contributed by atoms with Crippen LogP contribution in [0.4, 0.5) is 26.0 Å². The van der Waals surface area contributed by atoms with Crippen molar-refractivity contribution in [2.75, 3.05) is 4.42 Å². The molecule has 0 atom stereocenters. The van der Waals surface area contributed by atoms with Crippen LogP contribution in [0, 0.1) is 10.1 Å². The second kappa shape index (κ2) is 5.14. The summed E-state index contributed by atoms with van der Waals surface area (Å²) in [6.07, 6.45) is 3.31. The first-order chi connectivity index (χ1) is 9.00. The molecular weight excluding hydrogens is 284 g/mol. The molecule has 0 aliphatic heterocycles. The Balaban J connectivity index is 2.38. The van der Waals surface area contributed by atoms with Gasteiger partial charge in [0.1, 0.15) is 0 Å². The molecule has 10 heteroatoms. The summed E-state index contributed by atoms with van der Waals surface area (Å²) in [5.74, 6) is -0.178. The quantitative estimate of drug-likeness (QED) is 0.491. The zero-order chi connectivity index (χ0) is 14.0. The van der Waals surface area contributed by atoms with Crippen molar-refractivity contribution in [1.82, 2.24) is 14.8 Å². The van der Waals surface area contributed by atoms with Crippen LogP contribution in [0.3, 0.4) is 0 Å². The van der Waals surface area contributed by atoms with E-state index in [9.17, 15) is 18.9 Å². The number of hydrogen-bond donors (Lipinski definition) is 0. The predicted octanol–water partition coefficient (Wildman–Crippen LogP) is 2.87. The summed E-state index contributed by atoms with van der Waals surface area (Å²) in [6, 6.07) is 2.57. The maximum atomic E-state index is 12.4. The van der Waals surface area contributed by atoms with E-state index < -0.39 is 11.5 Å². The van der Waals surface area contributed by atoms with Gasteiger partial charge in [-0.15, -0.1) is 0 Å². The largest absolute Gasteiger partial charge is 0.333 e. The molecule has 0 unspecified atom stereocenters. The van der Waals surface area contributed by atoms with Gasteiger partial charge in [0.2, 0.25) is 5.82 Å². The van der Waals surface area contributed by atoms with E-state index in [-0.39, 0.29) is 17.2 Å². The number of halogens is 3. The molecule has 0 saturated carbocycles. The van der Waals surface area contributed by atoms with E-state index >= 15 is 0 Å². The van der Waals surface area contributed by atoms with Gasteiger partial charge >= 0.3 is 12.2 Å². The Hall–Kier alpha value is -2.29. The number of nitro groups is 1. The topological polar surface area (TPSA) is 77.1 Å². The molecule has 0 aliphatic carbocycles. The SMILES string of the molecule is O=[N+]([O-])c1cccnc1N(Cl)c1cnn(C(F)F)c1. The van der Waals surface area contributed by atoms with E-state index in [1.54, 1.807) is 0 Å². The lowest BCUT2D eigenvalue weighted by Crippen LogP contribution is -2.06. The number of rotatable bonds is 4. The van der Waals surface area contributed by atoms with Gasteiger partial charge in [0.15, 0.2) is 0 Å². The van der Waals surface area contributed by atoms with Gasteiger partial charge in [-0.05, 0) is 6.07 Å². The predicted molar refractivity (Wildman–Crippen MR) is 62.4 cm³/mol. The van der Waals surface area contributed by atoms with Crippen LogP contribution in [0.15, 0.2) is 30.7 Å². The highest BCUT2D eigenvalue weighted by Crippen LogP contribution is 2.33. The molecule has 100 valence electrons. The standard InChI is InChI=1S/C9H6ClF2N5O2/c10-16(6-4-14-15(5-6)9(11)12)8-7(17(18)19)2-1-3-13-8/h1-5,9H. The highest BCUT2D eigenvalue weighted by molar-refractivity contribution is 6.29. The minimum absolute atomic E-state index is 0.0452. The van der Waals surface area contributed by atoms with E-state index in [1.807, 2.05) is 0 Å². The molecular formula is C9H6ClF2N5O2. The summed E-state index contributed by atoms with van der Waals surface area (Å²) in [6.45, 7) is -2.82. The minimum atomic E-state index is -2.82. The highest BCUT2D eigenvalue weighted by atomic mass is 35.5. The molecule has 2 aromatic heterocycles. The van der Waals surface area contributed by atoms with Crippen LogP contribution < -0.4 is 4.42 Å². The van der Waals surface area contributed by atoms with Gasteiger partial charge in [0, 0.05) is 24.0 Å². The number of alkyl halides is 2. The lowest BCUT2D eigenvalue weighted by Gasteiger charge is -2.11. The van der Waals surface area contributed by atoms with Crippen molar-refractivity contribution in [2.24, 2.45) is 0 Å². The van der Waals surface area contributed by atoms with Crippen molar-refractivity contribution in [3.05, 3.63) is 40.8 Å². The number of hydrogen-bond acceptors (Lipinski definition) is 5. The fourth-order valence-corrected chi connectivity index (χ4v) is 1.56. The summed E-state index contributed by atoms with van der Waals surface area (Å²) in [5, 5.41) is 14.2. The summed E-state index contributed by atoms with van der Waals surface area (Å²) >= 11 is 5.87. The maximum Gasteiger partial charge on any atom is 0.333 e. The second-order valence-corrected chi connectivity index (χ2v) is 3.68. The highest BCUT2D eigenvalue weighted by Gasteiger charge is 2.22. The normalized spacial score (nSPS) is 10.7. The van der Waals surface area contributed by atoms with Crippen LogP contribution in [0.25, 0.3) is 0 Å². The van der Waals surface area contributed by atoms with Crippen LogP contribution in [-0.4, -0.2) is 19.7 Å². The third-order valence-corrected chi connectivity index (χ3v) is 2.52. The molecule has 0 aromatic carbocycles. The van der Waals surface area contributed by atoms with E-state index in [0.29, 0.717) is 4.68 Å². The Bertz CT molecular complexity index is 606. The first-order valence-electron chi connectivity index (χ1n) is 4.88. The summed E-state index contributed by atoms with van der Waals surface area (Å²) < 4.78 is 25.9. The molecule has 0 amide bonds. The van der Waals surface area contributed by atoms with Gasteiger partial charge in [-0.25, -0.2) is 14.1 Å². The number of pyridine rings is 1. The average molecular weight is 290 g/mol. The molecule has 0 bridgehead atoms. The van der Waals surface area contributed by atoms with Gasteiger partial charge in [-0.2, -0.15) is 13.9 Å². The fraction of sp³-hybridized carbons (Fsp3) is 0.111. The Kier molecular flexibility index (Phi) is 3.56. The first-order valence-corrected chi connectivity index (χ1v) is 5.22. The van der Waals surface area contributed by atoms with E-state index in [0.717, 1.165) is 16.8 Å². The molecule has 0 radical (unpaired) electrons. The maximum absolute atomic E-state index is 12.4. The van der Waals surface area contributed by atoms with Crippen LogP contribution in [0.5, 0.6) is 0 Å². The Morgan fingerprint density at radius 2 is 2.26 bits per heavy atom. The van der Waals surface area contributed by atoms with Crippen molar-refractivity contribution in [3.8, 4) is 0 Å². The Labute approximate surface area is 110 Å². The number of aromatic nitrogens is 3. The molecule has 0 aliphatic rings.